The molecule has 0 unspecified atom stereocenters. The minimum Gasteiger partial charge on any atom is -0.356 e. The Hall–Kier alpha value is -2.82. The molecule has 2 aliphatic heterocycles. The molecule has 0 spiro atoms. The summed E-state index contributed by atoms with van der Waals surface area (Å²) in [6, 6.07) is 17.0. The van der Waals surface area contributed by atoms with Crippen LogP contribution in [0.3, 0.4) is 0 Å². The fourth-order valence-electron chi connectivity index (χ4n) is 4.04. The number of rotatable bonds is 5. The molecule has 1 saturated heterocycles. The summed E-state index contributed by atoms with van der Waals surface area (Å²) in [6.45, 7) is 6.11. The van der Waals surface area contributed by atoms with E-state index in [9.17, 15) is 4.79 Å². The highest BCUT2D eigenvalue weighted by molar-refractivity contribution is 5.97. The van der Waals surface area contributed by atoms with Crippen LogP contribution in [0.5, 0.6) is 0 Å². The van der Waals surface area contributed by atoms with E-state index in [0.717, 1.165) is 38.4 Å². The van der Waals surface area contributed by atoms with Gasteiger partial charge in [-0.05, 0) is 42.5 Å². The van der Waals surface area contributed by atoms with Crippen LogP contribution >= 0.6 is 0 Å². The van der Waals surface area contributed by atoms with Gasteiger partial charge in [-0.3, -0.25) is 4.79 Å². The van der Waals surface area contributed by atoms with Crippen LogP contribution in [0.4, 0.5) is 5.69 Å². The second-order valence-electron chi connectivity index (χ2n) is 7.44. The van der Waals surface area contributed by atoms with Crippen LogP contribution in [0.2, 0.25) is 0 Å². The third-order valence-electron chi connectivity index (χ3n) is 5.43. The number of amides is 1. The van der Waals surface area contributed by atoms with E-state index in [0.29, 0.717) is 19.5 Å². The summed E-state index contributed by atoms with van der Waals surface area (Å²) in [4.78, 5) is 21.0. The minimum absolute atomic E-state index is 0.269. The maximum atomic E-state index is 11.9. The van der Waals surface area contributed by atoms with Gasteiger partial charge in [0.05, 0.1) is 6.54 Å². The Labute approximate surface area is 167 Å². The van der Waals surface area contributed by atoms with Crippen LogP contribution in [0.15, 0.2) is 53.5 Å². The Balaban J connectivity index is 1.48. The minimum atomic E-state index is 0.269. The van der Waals surface area contributed by atoms with Crippen LogP contribution < -0.4 is 10.2 Å². The van der Waals surface area contributed by atoms with Gasteiger partial charge in [0.25, 0.3) is 0 Å². The number of carbonyl (C=O) groups excluding carboxylic acids is 1. The van der Waals surface area contributed by atoms with Crippen LogP contribution in [-0.4, -0.2) is 36.4 Å². The zero-order chi connectivity index (χ0) is 19.3. The molecule has 0 atom stereocenters. The maximum absolute atomic E-state index is 11.9. The number of anilines is 1. The summed E-state index contributed by atoms with van der Waals surface area (Å²) in [5.74, 6) is 1.21. The fourth-order valence-corrected chi connectivity index (χ4v) is 4.04. The lowest BCUT2D eigenvalue weighted by molar-refractivity contribution is -0.128. The first kappa shape index (κ1) is 18.5. The molecule has 2 aliphatic rings. The van der Waals surface area contributed by atoms with Gasteiger partial charge in [0.15, 0.2) is 5.96 Å². The van der Waals surface area contributed by atoms with E-state index < -0.39 is 0 Å². The van der Waals surface area contributed by atoms with Crippen molar-refractivity contribution >= 4 is 17.6 Å². The summed E-state index contributed by atoms with van der Waals surface area (Å²) in [7, 11) is 0. The molecule has 0 aliphatic carbocycles. The lowest BCUT2D eigenvalue weighted by atomic mass is 10.1. The van der Waals surface area contributed by atoms with Crippen molar-refractivity contribution in [3.63, 3.8) is 0 Å². The van der Waals surface area contributed by atoms with Crippen LogP contribution in [-0.2, 0) is 24.3 Å². The zero-order valence-corrected chi connectivity index (χ0v) is 16.5. The number of fused-ring (bicyclic) bond motifs is 1. The Morgan fingerprint density at radius 1 is 1.07 bits per heavy atom. The predicted molar refractivity (Wildman–Crippen MR) is 113 cm³/mol. The van der Waals surface area contributed by atoms with Gasteiger partial charge in [-0.25, -0.2) is 4.99 Å². The Kier molecular flexibility index (Phi) is 5.60. The van der Waals surface area contributed by atoms with E-state index in [4.69, 9.17) is 4.99 Å². The number of aliphatic imine (C=N–C) groups is 1. The lowest BCUT2D eigenvalue weighted by Crippen LogP contribution is -2.40. The summed E-state index contributed by atoms with van der Waals surface area (Å²) in [5, 5.41) is 3.44. The SMILES string of the molecule is CCNC(=NCc1cccc(CN2CCCC2=O)c1)N1CCc2ccccc21. The van der Waals surface area contributed by atoms with Crippen LogP contribution in [0.25, 0.3) is 0 Å². The molecule has 2 aromatic carbocycles. The van der Waals surface area contributed by atoms with E-state index in [1.807, 2.05) is 4.90 Å². The van der Waals surface area contributed by atoms with Crippen molar-refractivity contribution in [3.8, 4) is 0 Å². The van der Waals surface area contributed by atoms with Gasteiger partial charge < -0.3 is 15.1 Å². The Morgan fingerprint density at radius 2 is 1.93 bits per heavy atom. The van der Waals surface area contributed by atoms with E-state index in [1.165, 1.54) is 22.4 Å². The predicted octanol–water partition coefficient (Wildman–Crippen LogP) is 3.34. The van der Waals surface area contributed by atoms with Crippen molar-refractivity contribution in [3.05, 3.63) is 65.2 Å². The van der Waals surface area contributed by atoms with Crippen molar-refractivity contribution in [1.82, 2.24) is 10.2 Å². The van der Waals surface area contributed by atoms with Gasteiger partial charge in [-0.15, -0.1) is 0 Å². The molecule has 5 nitrogen and oxygen atoms in total. The first-order valence-corrected chi connectivity index (χ1v) is 10.2. The highest BCUT2D eigenvalue weighted by Gasteiger charge is 2.22. The number of hydrogen-bond donors (Lipinski definition) is 1. The van der Waals surface area contributed by atoms with Crippen LogP contribution in [0, 0.1) is 0 Å². The van der Waals surface area contributed by atoms with Gasteiger partial charge in [0.2, 0.25) is 5.91 Å². The van der Waals surface area contributed by atoms with Gasteiger partial charge in [-0.1, -0.05) is 42.5 Å². The third-order valence-corrected chi connectivity index (χ3v) is 5.43. The van der Waals surface area contributed by atoms with Crippen molar-refractivity contribution in [2.45, 2.75) is 39.3 Å². The van der Waals surface area contributed by atoms with E-state index in [2.05, 4.69) is 65.7 Å². The Bertz CT molecular complexity index is 876. The summed E-state index contributed by atoms with van der Waals surface area (Å²) in [5.41, 5.74) is 4.99. The maximum Gasteiger partial charge on any atom is 0.222 e. The summed E-state index contributed by atoms with van der Waals surface area (Å²) < 4.78 is 0. The molecule has 0 radical (unpaired) electrons. The van der Waals surface area contributed by atoms with Crippen molar-refractivity contribution in [1.29, 1.82) is 0 Å². The molecule has 0 aromatic heterocycles. The molecular weight excluding hydrogens is 348 g/mol. The van der Waals surface area contributed by atoms with E-state index in [1.54, 1.807) is 0 Å². The number of likely N-dealkylation sites (tertiary alicyclic amines) is 1. The highest BCUT2D eigenvalue weighted by Crippen LogP contribution is 2.27. The molecule has 146 valence electrons. The quantitative estimate of drug-likeness (QED) is 0.643. The Morgan fingerprint density at radius 3 is 2.75 bits per heavy atom. The van der Waals surface area contributed by atoms with Gasteiger partial charge in [-0.2, -0.15) is 0 Å². The van der Waals surface area contributed by atoms with Crippen molar-refractivity contribution in [2.24, 2.45) is 4.99 Å². The summed E-state index contributed by atoms with van der Waals surface area (Å²) >= 11 is 0. The second kappa shape index (κ2) is 8.46. The van der Waals surface area contributed by atoms with Gasteiger partial charge >= 0.3 is 0 Å². The zero-order valence-electron chi connectivity index (χ0n) is 16.5. The molecule has 0 saturated carbocycles. The number of guanidine groups is 1. The third kappa shape index (κ3) is 4.03. The average Bonchev–Trinajstić information content (AvgIpc) is 3.32. The number of benzene rings is 2. The van der Waals surface area contributed by atoms with Crippen LogP contribution in [0.1, 0.15) is 36.5 Å². The first-order chi connectivity index (χ1) is 13.7. The van der Waals surface area contributed by atoms with Crippen molar-refractivity contribution in [2.75, 3.05) is 24.5 Å². The molecule has 2 heterocycles. The first-order valence-electron chi connectivity index (χ1n) is 10.2. The highest BCUT2D eigenvalue weighted by atomic mass is 16.2. The largest absolute Gasteiger partial charge is 0.356 e. The molecule has 1 fully saturated rings. The van der Waals surface area contributed by atoms with Crippen molar-refractivity contribution < 1.29 is 4.79 Å². The average molecular weight is 377 g/mol. The fraction of sp³-hybridized carbons (Fsp3) is 0.391. The molecule has 4 rings (SSSR count). The van der Waals surface area contributed by atoms with Gasteiger partial charge in [0, 0.05) is 38.3 Å². The topological polar surface area (TPSA) is 47.9 Å². The number of hydrogen-bond acceptors (Lipinski definition) is 2. The summed E-state index contributed by atoms with van der Waals surface area (Å²) in [6.07, 6.45) is 2.72. The molecule has 0 bridgehead atoms. The number of nitrogens with one attached hydrogen (secondary N) is 1. The molecule has 2 aromatic rings. The number of nitrogens with zero attached hydrogens (tertiary/aromatic N) is 3. The molecule has 5 heteroatoms. The smallest absolute Gasteiger partial charge is 0.222 e. The number of carbonyl (C=O) groups is 1. The monoisotopic (exact) mass is 376 g/mol. The normalized spacial score (nSPS) is 16.6. The molecular formula is C23H28N4O. The standard InChI is InChI=1S/C23H28N4O/c1-2-24-23(27-14-12-20-9-3-4-10-21(20)27)25-16-18-7-5-8-19(15-18)17-26-13-6-11-22(26)28/h3-5,7-10,15H,2,6,11-14,16-17H2,1H3,(H,24,25). The number of para-hydroxylation sites is 1. The molecule has 28 heavy (non-hydrogen) atoms. The van der Waals surface area contributed by atoms with E-state index >= 15 is 0 Å². The second-order valence-corrected chi connectivity index (χ2v) is 7.44. The van der Waals surface area contributed by atoms with Gasteiger partial charge in [0.1, 0.15) is 0 Å². The lowest BCUT2D eigenvalue weighted by Gasteiger charge is -2.22. The molecule has 1 N–H and O–H groups in total. The molecule has 1 amide bonds. The van der Waals surface area contributed by atoms with E-state index in [-0.39, 0.29) is 5.91 Å².